The van der Waals surface area contributed by atoms with Crippen molar-refractivity contribution in [3.8, 4) is 17.2 Å². The number of anilines is 1. The highest BCUT2D eigenvalue weighted by atomic mass is 16.5. The van der Waals surface area contributed by atoms with Gasteiger partial charge in [0.1, 0.15) is 0 Å². The fourth-order valence-corrected chi connectivity index (χ4v) is 4.05. The van der Waals surface area contributed by atoms with Gasteiger partial charge < -0.3 is 24.4 Å². The average molecular weight is 447 g/mol. The fraction of sp³-hybridized carbons (Fsp3) is 0.240. The Bertz CT molecular complexity index is 1140. The van der Waals surface area contributed by atoms with Gasteiger partial charge in [-0.2, -0.15) is 0 Å². The second kappa shape index (κ2) is 9.60. The molecule has 0 bridgehead atoms. The van der Waals surface area contributed by atoms with Crippen molar-refractivity contribution in [3.05, 3.63) is 77.6 Å². The van der Waals surface area contributed by atoms with Crippen molar-refractivity contribution in [2.75, 3.05) is 26.6 Å². The molecule has 0 radical (unpaired) electrons. The van der Waals surface area contributed by atoms with Crippen LogP contribution in [0.3, 0.4) is 0 Å². The summed E-state index contributed by atoms with van der Waals surface area (Å²) in [7, 11) is 4.59. The summed E-state index contributed by atoms with van der Waals surface area (Å²) in [4.78, 5) is 32.0. The number of aromatic nitrogens is 1. The molecule has 0 saturated heterocycles. The number of carbonyl (C=O) groups is 2. The minimum Gasteiger partial charge on any atom is -0.493 e. The number of fused-ring (bicyclic) bond motifs is 1. The maximum atomic E-state index is 13.3. The minimum absolute atomic E-state index is 0.0350. The van der Waals surface area contributed by atoms with Crippen LogP contribution in [0.5, 0.6) is 17.2 Å². The van der Waals surface area contributed by atoms with Gasteiger partial charge in [-0.05, 0) is 41.5 Å². The van der Waals surface area contributed by atoms with Gasteiger partial charge in [-0.15, -0.1) is 0 Å². The summed E-state index contributed by atoms with van der Waals surface area (Å²) in [5.74, 6) is 0.977. The van der Waals surface area contributed by atoms with Gasteiger partial charge in [-0.1, -0.05) is 18.2 Å². The molecule has 0 fully saturated rings. The number of amides is 2. The Kier molecular flexibility index (Phi) is 6.44. The van der Waals surface area contributed by atoms with Crippen LogP contribution >= 0.6 is 0 Å². The van der Waals surface area contributed by atoms with Gasteiger partial charge in [0.2, 0.25) is 11.7 Å². The second-order valence-corrected chi connectivity index (χ2v) is 7.56. The number of rotatable bonds is 8. The zero-order chi connectivity index (χ0) is 23.4. The van der Waals surface area contributed by atoms with Crippen LogP contribution in [0.1, 0.15) is 33.9 Å². The maximum absolute atomic E-state index is 13.3. The minimum atomic E-state index is -0.560. The molecule has 1 aromatic heterocycles. The number of ether oxygens (including phenoxy) is 3. The number of benzene rings is 2. The number of hydrogen-bond donors (Lipinski definition) is 1. The molecular weight excluding hydrogens is 422 g/mol. The molecule has 0 saturated carbocycles. The summed E-state index contributed by atoms with van der Waals surface area (Å²) in [5.41, 5.74) is 2.85. The molecule has 0 aliphatic carbocycles. The molecule has 4 rings (SSSR count). The van der Waals surface area contributed by atoms with Crippen LogP contribution in [0, 0.1) is 0 Å². The van der Waals surface area contributed by atoms with E-state index < -0.39 is 6.04 Å². The van der Waals surface area contributed by atoms with Crippen molar-refractivity contribution in [2.24, 2.45) is 0 Å². The monoisotopic (exact) mass is 447 g/mol. The molecule has 3 aromatic rings. The van der Waals surface area contributed by atoms with E-state index in [1.807, 2.05) is 18.2 Å². The van der Waals surface area contributed by atoms with Gasteiger partial charge in [-0.3, -0.25) is 14.6 Å². The lowest BCUT2D eigenvalue weighted by Crippen LogP contribution is -2.32. The number of nitrogens with zero attached hydrogens (tertiary/aromatic N) is 2. The first-order valence-corrected chi connectivity index (χ1v) is 10.4. The molecule has 0 spiro atoms. The van der Waals surface area contributed by atoms with E-state index >= 15 is 0 Å². The first-order chi connectivity index (χ1) is 16.0. The Hall–Kier alpha value is -4.07. The Labute approximate surface area is 192 Å². The predicted molar refractivity (Wildman–Crippen MR) is 123 cm³/mol. The van der Waals surface area contributed by atoms with Crippen LogP contribution < -0.4 is 19.5 Å². The summed E-state index contributed by atoms with van der Waals surface area (Å²) < 4.78 is 16.4. The number of carbonyl (C=O) groups excluding carboxylic acids is 2. The highest BCUT2D eigenvalue weighted by molar-refractivity contribution is 5.99. The van der Waals surface area contributed by atoms with Crippen molar-refractivity contribution < 1.29 is 23.8 Å². The lowest BCUT2D eigenvalue weighted by Gasteiger charge is -2.29. The normalized spacial score (nSPS) is 13.3. The lowest BCUT2D eigenvalue weighted by atomic mass is 10.00. The molecule has 2 heterocycles. The van der Waals surface area contributed by atoms with Crippen molar-refractivity contribution in [1.82, 2.24) is 9.88 Å². The summed E-state index contributed by atoms with van der Waals surface area (Å²) in [6.07, 6.45) is 3.24. The molecule has 8 heteroatoms. The van der Waals surface area contributed by atoms with Crippen LogP contribution in [0.15, 0.2) is 60.9 Å². The van der Waals surface area contributed by atoms with Crippen LogP contribution in [-0.4, -0.2) is 43.0 Å². The average Bonchev–Trinajstić information content (AvgIpc) is 3.18. The molecule has 2 amide bonds. The molecule has 1 N–H and O–H groups in total. The zero-order valence-corrected chi connectivity index (χ0v) is 18.7. The molecule has 8 nitrogen and oxygen atoms in total. The molecule has 33 heavy (non-hydrogen) atoms. The molecule has 2 aromatic carbocycles. The van der Waals surface area contributed by atoms with E-state index in [0.717, 1.165) is 5.56 Å². The Morgan fingerprint density at radius 3 is 2.39 bits per heavy atom. The SMILES string of the molecule is COc1cc([C@H](CC(=O)Nc2cccnc2)N2Cc3ccccc3C2=O)cc(OC)c1OC. The van der Waals surface area contributed by atoms with Gasteiger partial charge in [0.25, 0.3) is 5.91 Å². The first kappa shape index (κ1) is 22.1. The van der Waals surface area contributed by atoms with E-state index in [2.05, 4.69) is 10.3 Å². The fourth-order valence-electron chi connectivity index (χ4n) is 4.05. The highest BCUT2D eigenvalue weighted by Crippen LogP contribution is 2.43. The van der Waals surface area contributed by atoms with Crippen LogP contribution in [0.2, 0.25) is 0 Å². The zero-order valence-electron chi connectivity index (χ0n) is 18.7. The number of nitrogens with one attached hydrogen (secondary N) is 1. The van der Waals surface area contributed by atoms with Crippen molar-refractivity contribution in [1.29, 1.82) is 0 Å². The van der Waals surface area contributed by atoms with E-state index in [9.17, 15) is 9.59 Å². The summed E-state index contributed by atoms with van der Waals surface area (Å²) in [5, 5.41) is 2.85. The van der Waals surface area contributed by atoms with Crippen molar-refractivity contribution >= 4 is 17.5 Å². The Morgan fingerprint density at radius 1 is 1.06 bits per heavy atom. The van der Waals surface area contributed by atoms with Crippen molar-refractivity contribution in [3.63, 3.8) is 0 Å². The molecule has 1 aliphatic heterocycles. The quantitative estimate of drug-likeness (QED) is 0.564. The Balaban J connectivity index is 1.72. The van der Waals surface area contributed by atoms with E-state index in [4.69, 9.17) is 14.2 Å². The van der Waals surface area contributed by atoms with Gasteiger partial charge in [0, 0.05) is 18.3 Å². The molecule has 1 atom stereocenters. The lowest BCUT2D eigenvalue weighted by molar-refractivity contribution is -0.117. The van der Waals surface area contributed by atoms with Crippen LogP contribution in [0.25, 0.3) is 0 Å². The largest absolute Gasteiger partial charge is 0.493 e. The molecular formula is C25H25N3O5. The van der Waals surface area contributed by atoms with E-state index in [1.165, 1.54) is 21.3 Å². The highest BCUT2D eigenvalue weighted by Gasteiger charge is 2.35. The van der Waals surface area contributed by atoms with Crippen LogP contribution in [0.4, 0.5) is 5.69 Å². The molecule has 0 unspecified atom stereocenters. The number of hydrogen-bond acceptors (Lipinski definition) is 6. The standard InChI is InChI=1S/C25H25N3O5/c1-31-21-11-17(12-22(32-2)24(21)33-3)20(13-23(29)27-18-8-6-10-26-14-18)28-15-16-7-4-5-9-19(16)25(28)30/h4-12,14,20H,13,15H2,1-3H3,(H,27,29)/t20-/m0/s1. The first-order valence-electron chi connectivity index (χ1n) is 10.4. The molecule has 1 aliphatic rings. The maximum Gasteiger partial charge on any atom is 0.255 e. The summed E-state index contributed by atoms with van der Waals surface area (Å²) in [6, 6.07) is 14.0. The van der Waals surface area contributed by atoms with E-state index in [-0.39, 0.29) is 18.2 Å². The van der Waals surface area contributed by atoms with Crippen molar-refractivity contribution in [2.45, 2.75) is 19.0 Å². The van der Waals surface area contributed by atoms with Gasteiger partial charge in [-0.25, -0.2) is 0 Å². The summed E-state index contributed by atoms with van der Waals surface area (Å²) >= 11 is 0. The number of pyridine rings is 1. The third-order valence-electron chi connectivity index (χ3n) is 5.62. The summed E-state index contributed by atoms with van der Waals surface area (Å²) in [6.45, 7) is 0.399. The van der Waals surface area contributed by atoms with E-state index in [1.54, 1.807) is 47.6 Å². The predicted octanol–water partition coefficient (Wildman–Crippen LogP) is 3.83. The van der Waals surface area contributed by atoms with Gasteiger partial charge >= 0.3 is 0 Å². The third kappa shape index (κ3) is 4.45. The molecule has 170 valence electrons. The topological polar surface area (TPSA) is 90.0 Å². The third-order valence-corrected chi connectivity index (χ3v) is 5.62. The van der Waals surface area contributed by atoms with Gasteiger partial charge in [0.05, 0.1) is 45.7 Å². The van der Waals surface area contributed by atoms with Crippen LogP contribution in [-0.2, 0) is 11.3 Å². The van der Waals surface area contributed by atoms with Gasteiger partial charge in [0.15, 0.2) is 11.5 Å². The Morgan fingerprint density at radius 2 is 1.79 bits per heavy atom. The smallest absolute Gasteiger partial charge is 0.255 e. The van der Waals surface area contributed by atoms with E-state index in [0.29, 0.717) is 40.6 Å². The number of methoxy groups -OCH3 is 3. The second-order valence-electron chi connectivity index (χ2n) is 7.56.